The molecule has 0 spiro atoms. The van der Waals surface area contributed by atoms with Gasteiger partial charge >= 0.3 is 0 Å². The first kappa shape index (κ1) is 21.8. The highest BCUT2D eigenvalue weighted by molar-refractivity contribution is 5.85. The maximum Gasteiger partial charge on any atom is 0.139 e. The lowest BCUT2D eigenvalue weighted by Gasteiger charge is -2.51. The van der Waals surface area contributed by atoms with E-state index in [0.29, 0.717) is 35.7 Å². The van der Waals surface area contributed by atoms with Crippen LogP contribution >= 0.6 is 0 Å². The summed E-state index contributed by atoms with van der Waals surface area (Å²) in [6.07, 6.45) is 9.27. The molecule has 6 atom stereocenters. The number of hydrogen-bond donors (Lipinski definition) is 3. The predicted molar refractivity (Wildman–Crippen MR) is 117 cm³/mol. The molecule has 30 heavy (non-hydrogen) atoms. The molecule has 0 bridgehead atoms. The van der Waals surface area contributed by atoms with Crippen molar-refractivity contribution in [1.29, 1.82) is 0 Å². The summed E-state index contributed by atoms with van der Waals surface area (Å²) in [4.78, 5) is 13.7. The first-order valence-electron chi connectivity index (χ1n) is 12.0. The number of Topliss-reactive ketones (excluding diaryl/α,β-unsaturated/α-hetero) is 1. The van der Waals surface area contributed by atoms with Crippen molar-refractivity contribution in [2.45, 2.75) is 70.1 Å². The van der Waals surface area contributed by atoms with Crippen LogP contribution in [0.5, 0.6) is 5.75 Å². The van der Waals surface area contributed by atoms with Crippen molar-refractivity contribution in [2.75, 3.05) is 13.2 Å². The molecule has 3 N–H and O–H groups in total. The summed E-state index contributed by atoms with van der Waals surface area (Å²) in [6, 6.07) is 7.69. The maximum atomic E-state index is 13.7. The fourth-order valence-electron chi connectivity index (χ4n) is 7.37. The predicted octanol–water partition coefficient (Wildman–Crippen LogP) is 4.45. The third-order valence-corrected chi connectivity index (χ3v) is 8.96. The molecule has 4 nitrogen and oxygen atoms in total. The fraction of sp³-hybridized carbons (Fsp3) is 0.731. The Balaban J connectivity index is 1.64. The monoisotopic (exact) mass is 414 g/mol. The molecule has 0 saturated heterocycles. The Kier molecular flexibility index (Phi) is 6.55. The van der Waals surface area contributed by atoms with Gasteiger partial charge in [0.2, 0.25) is 0 Å². The first-order chi connectivity index (χ1) is 14.5. The summed E-state index contributed by atoms with van der Waals surface area (Å²) in [6.45, 7) is 2.45. The van der Waals surface area contributed by atoms with Crippen molar-refractivity contribution in [3.8, 4) is 5.75 Å². The number of carbonyl (C=O) groups is 1. The SMILES string of the molecule is C[C@@H]1C(=O)[C@@H](CC2(c3ccc(O)cc3)CCCC2)[C@@H]2CC[C@@H](CO)C[C@H]2[C@H]1CCO. The summed E-state index contributed by atoms with van der Waals surface area (Å²) in [5.41, 5.74) is 1.31. The summed E-state index contributed by atoms with van der Waals surface area (Å²) >= 11 is 0. The van der Waals surface area contributed by atoms with E-state index >= 15 is 0 Å². The summed E-state index contributed by atoms with van der Waals surface area (Å²) in [5, 5.41) is 29.2. The van der Waals surface area contributed by atoms with Gasteiger partial charge in [-0.1, -0.05) is 31.9 Å². The van der Waals surface area contributed by atoms with E-state index in [2.05, 4.69) is 19.1 Å². The van der Waals surface area contributed by atoms with Gasteiger partial charge in [0.1, 0.15) is 11.5 Å². The van der Waals surface area contributed by atoms with Crippen LogP contribution in [0.15, 0.2) is 24.3 Å². The number of aliphatic hydroxyl groups is 2. The second-order valence-electron chi connectivity index (χ2n) is 10.4. The lowest BCUT2D eigenvalue weighted by atomic mass is 9.52. The zero-order valence-corrected chi connectivity index (χ0v) is 18.3. The average molecular weight is 415 g/mol. The molecule has 1 aromatic carbocycles. The Bertz CT molecular complexity index is 721. The third-order valence-electron chi connectivity index (χ3n) is 8.96. The zero-order chi connectivity index (χ0) is 21.3. The van der Waals surface area contributed by atoms with E-state index in [-0.39, 0.29) is 36.4 Å². The van der Waals surface area contributed by atoms with Crippen molar-refractivity contribution in [3.05, 3.63) is 29.8 Å². The molecule has 4 heteroatoms. The van der Waals surface area contributed by atoms with Crippen LogP contribution in [0.4, 0.5) is 0 Å². The van der Waals surface area contributed by atoms with Crippen LogP contribution in [-0.4, -0.2) is 34.3 Å². The molecule has 3 aliphatic rings. The number of aromatic hydroxyl groups is 1. The molecule has 0 aliphatic heterocycles. The lowest BCUT2D eigenvalue weighted by Crippen LogP contribution is -2.50. The highest BCUT2D eigenvalue weighted by atomic mass is 16.3. The molecular formula is C26H38O4. The fourth-order valence-corrected chi connectivity index (χ4v) is 7.37. The minimum Gasteiger partial charge on any atom is -0.508 e. The van der Waals surface area contributed by atoms with Crippen molar-refractivity contribution in [2.24, 2.45) is 35.5 Å². The van der Waals surface area contributed by atoms with E-state index in [9.17, 15) is 20.1 Å². The normalized spacial score (nSPS) is 35.9. The van der Waals surface area contributed by atoms with Crippen LogP contribution in [0.25, 0.3) is 0 Å². The number of ketones is 1. The van der Waals surface area contributed by atoms with E-state index < -0.39 is 0 Å². The van der Waals surface area contributed by atoms with Gasteiger partial charge in [-0.2, -0.15) is 0 Å². The van der Waals surface area contributed by atoms with Gasteiger partial charge in [0.05, 0.1) is 0 Å². The van der Waals surface area contributed by atoms with Gasteiger partial charge in [0.15, 0.2) is 0 Å². The van der Waals surface area contributed by atoms with E-state index in [1.54, 1.807) is 12.1 Å². The molecule has 1 aromatic rings. The number of aliphatic hydroxyl groups excluding tert-OH is 2. The maximum absolute atomic E-state index is 13.7. The zero-order valence-electron chi connectivity index (χ0n) is 18.3. The molecule has 3 aliphatic carbocycles. The number of fused-ring (bicyclic) bond motifs is 1. The van der Waals surface area contributed by atoms with Crippen molar-refractivity contribution in [3.63, 3.8) is 0 Å². The summed E-state index contributed by atoms with van der Waals surface area (Å²) in [7, 11) is 0. The number of phenolic OH excluding ortho intramolecular Hbond substituents is 1. The van der Waals surface area contributed by atoms with E-state index in [4.69, 9.17) is 0 Å². The van der Waals surface area contributed by atoms with Crippen LogP contribution in [0.3, 0.4) is 0 Å². The van der Waals surface area contributed by atoms with Crippen molar-refractivity contribution >= 4 is 5.78 Å². The third kappa shape index (κ3) is 3.93. The van der Waals surface area contributed by atoms with Crippen molar-refractivity contribution in [1.82, 2.24) is 0 Å². The highest BCUT2D eigenvalue weighted by Crippen LogP contribution is 2.55. The Labute approximate surface area is 180 Å². The van der Waals surface area contributed by atoms with Crippen molar-refractivity contribution < 1.29 is 20.1 Å². The van der Waals surface area contributed by atoms with Gasteiger partial charge in [0.25, 0.3) is 0 Å². The Morgan fingerprint density at radius 3 is 2.37 bits per heavy atom. The average Bonchev–Trinajstić information content (AvgIpc) is 3.24. The van der Waals surface area contributed by atoms with Gasteiger partial charge in [-0.25, -0.2) is 0 Å². The lowest BCUT2D eigenvalue weighted by molar-refractivity contribution is -0.142. The summed E-state index contributed by atoms with van der Waals surface area (Å²) in [5.74, 6) is 2.15. The Morgan fingerprint density at radius 1 is 1.03 bits per heavy atom. The van der Waals surface area contributed by atoms with Gasteiger partial charge in [-0.3, -0.25) is 4.79 Å². The Morgan fingerprint density at radius 2 is 1.73 bits per heavy atom. The molecule has 3 fully saturated rings. The number of benzene rings is 1. The minimum atomic E-state index is -0.0147. The van der Waals surface area contributed by atoms with Crippen LogP contribution < -0.4 is 0 Å². The van der Waals surface area contributed by atoms with E-state index in [1.165, 1.54) is 18.4 Å². The molecule has 0 radical (unpaired) electrons. The molecule has 3 saturated carbocycles. The summed E-state index contributed by atoms with van der Waals surface area (Å²) < 4.78 is 0. The van der Waals surface area contributed by atoms with Crippen LogP contribution in [0.1, 0.15) is 70.3 Å². The molecule has 0 heterocycles. The number of hydrogen-bond acceptors (Lipinski definition) is 4. The van der Waals surface area contributed by atoms with Crippen LogP contribution in [0, 0.1) is 35.5 Å². The quantitative estimate of drug-likeness (QED) is 0.643. The molecular weight excluding hydrogens is 376 g/mol. The highest BCUT2D eigenvalue weighted by Gasteiger charge is 2.52. The van der Waals surface area contributed by atoms with Gasteiger partial charge in [0, 0.05) is 25.0 Å². The Hall–Kier alpha value is -1.39. The number of carbonyl (C=O) groups excluding carboxylic acids is 1. The molecule has 0 aromatic heterocycles. The van der Waals surface area contributed by atoms with Crippen LogP contribution in [-0.2, 0) is 10.2 Å². The number of rotatable bonds is 6. The van der Waals surface area contributed by atoms with E-state index in [1.807, 2.05) is 0 Å². The molecule has 4 rings (SSSR count). The smallest absolute Gasteiger partial charge is 0.139 e. The number of phenols is 1. The van der Waals surface area contributed by atoms with Gasteiger partial charge in [-0.15, -0.1) is 0 Å². The molecule has 166 valence electrons. The second-order valence-corrected chi connectivity index (χ2v) is 10.4. The second kappa shape index (κ2) is 9.00. The van der Waals surface area contributed by atoms with Gasteiger partial charge in [-0.05, 0) is 91.7 Å². The largest absolute Gasteiger partial charge is 0.508 e. The van der Waals surface area contributed by atoms with E-state index in [0.717, 1.165) is 38.5 Å². The topological polar surface area (TPSA) is 77.8 Å². The van der Waals surface area contributed by atoms with Crippen LogP contribution in [0.2, 0.25) is 0 Å². The standard InChI is InChI=1S/C26H38O4/c1-17-21(10-13-27)23-14-18(16-28)4-9-22(23)24(25(17)30)15-26(11-2-3-12-26)19-5-7-20(29)8-6-19/h5-8,17-18,21-24,27-29H,2-4,9-16H2,1H3/t17-,18+,21-,22+,23-,24-/m0/s1. The molecule has 0 unspecified atom stereocenters. The van der Waals surface area contributed by atoms with Gasteiger partial charge < -0.3 is 15.3 Å². The molecule has 0 amide bonds. The minimum absolute atomic E-state index is 0.0147. The first-order valence-corrected chi connectivity index (χ1v) is 12.0.